The highest BCUT2D eigenvalue weighted by molar-refractivity contribution is 6.35. The number of hydrogen-bond acceptors (Lipinski definition) is 2. The van der Waals surface area contributed by atoms with Crippen LogP contribution in [0, 0.1) is 6.92 Å². The predicted octanol–water partition coefficient (Wildman–Crippen LogP) is 3.90. The van der Waals surface area contributed by atoms with E-state index in [4.69, 9.17) is 23.2 Å². The number of benzene rings is 2. The molecule has 1 aliphatic heterocycles. The number of rotatable bonds is 2. The fourth-order valence-electron chi connectivity index (χ4n) is 2.93. The topological polar surface area (TPSA) is 40.6 Å². The van der Waals surface area contributed by atoms with Gasteiger partial charge in [0.25, 0.3) is 11.8 Å². The van der Waals surface area contributed by atoms with Crippen LogP contribution < -0.4 is 0 Å². The Balaban J connectivity index is 1.68. The Labute approximate surface area is 156 Å². The number of hydrogen-bond donors (Lipinski definition) is 0. The maximum atomic E-state index is 12.7. The molecule has 0 saturated carbocycles. The number of carbonyl (C=O) groups excluding carboxylic acids is 2. The zero-order chi connectivity index (χ0) is 18.0. The first kappa shape index (κ1) is 17.8. The third-order valence-corrected chi connectivity index (χ3v) is 4.95. The van der Waals surface area contributed by atoms with Gasteiger partial charge in [0, 0.05) is 36.8 Å². The van der Waals surface area contributed by atoms with Crippen molar-refractivity contribution in [2.75, 3.05) is 26.2 Å². The van der Waals surface area contributed by atoms with E-state index >= 15 is 0 Å². The van der Waals surface area contributed by atoms with E-state index in [1.54, 1.807) is 28.0 Å². The lowest BCUT2D eigenvalue weighted by Crippen LogP contribution is -2.50. The number of nitrogens with zero attached hydrogens (tertiary/aromatic N) is 2. The molecular weight excluding hydrogens is 359 g/mol. The zero-order valence-corrected chi connectivity index (χ0v) is 15.3. The minimum atomic E-state index is -0.157. The van der Waals surface area contributed by atoms with Crippen molar-refractivity contribution in [3.05, 3.63) is 69.2 Å². The van der Waals surface area contributed by atoms with Crippen molar-refractivity contribution in [1.29, 1.82) is 0 Å². The van der Waals surface area contributed by atoms with Crippen LogP contribution >= 0.6 is 23.2 Å². The van der Waals surface area contributed by atoms with Crippen LogP contribution in [0.15, 0.2) is 42.5 Å². The normalized spacial score (nSPS) is 14.5. The lowest BCUT2D eigenvalue weighted by atomic mass is 10.1. The number of piperazine rings is 1. The summed E-state index contributed by atoms with van der Waals surface area (Å²) in [5.74, 6) is -0.151. The van der Waals surface area contributed by atoms with E-state index in [1.165, 1.54) is 0 Å². The molecule has 1 aliphatic rings. The van der Waals surface area contributed by atoms with Gasteiger partial charge in [-0.1, -0.05) is 41.4 Å². The maximum absolute atomic E-state index is 12.7. The summed E-state index contributed by atoms with van der Waals surface area (Å²) >= 11 is 12.1. The van der Waals surface area contributed by atoms with Gasteiger partial charge in [-0.25, -0.2) is 0 Å². The number of carbonyl (C=O) groups is 2. The first-order valence-corrected chi connectivity index (χ1v) is 8.82. The predicted molar refractivity (Wildman–Crippen MR) is 99.4 cm³/mol. The van der Waals surface area contributed by atoms with Gasteiger partial charge in [-0.15, -0.1) is 0 Å². The van der Waals surface area contributed by atoms with Crippen LogP contribution in [-0.2, 0) is 0 Å². The van der Waals surface area contributed by atoms with Gasteiger partial charge in [0.15, 0.2) is 0 Å². The van der Waals surface area contributed by atoms with E-state index in [0.717, 1.165) is 5.56 Å². The van der Waals surface area contributed by atoms with Crippen LogP contribution in [0.1, 0.15) is 26.3 Å². The molecule has 4 nitrogen and oxygen atoms in total. The van der Waals surface area contributed by atoms with Gasteiger partial charge in [0.05, 0.1) is 10.6 Å². The molecule has 1 fully saturated rings. The largest absolute Gasteiger partial charge is 0.335 e. The molecule has 6 heteroatoms. The first-order valence-electron chi connectivity index (χ1n) is 8.06. The standard InChI is InChI=1S/C19H18Cl2N2O2/c1-13-4-2-3-5-15(13)18(24)22-8-10-23(11-9-22)19(25)16-12-14(20)6-7-17(16)21/h2-7,12H,8-11H2,1H3. The van der Waals surface area contributed by atoms with Crippen LogP contribution in [0.25, 0.3) is 0 Å². The van der Waals surface area contributed by atoms with Gasteiger partial charge in [0.1, 0.15) is 0 Å². The smallest absolute Gasteiger partial charge is 0.255 e. The summed E-state index contributed by atoms with van der Waals surface area (Å²) in [6.07, 6.45) is 0. The van der Waals surface area contributed by atoms with Crippen molar-refractivity contribution in [3.63, 3.8) is 0 Å². The third-order valence-electron chi connectivity index (χ3n) is 4.39. The van der Waals surface area contributed by atoms with Gasteiger partial charge in [-0.3, -0.25) is 9.59 Å². The second kappa shape index (κ2) is 7.46. The summed E-state index contributed by atoms with van der Waals surface area (Å²) in [6, 6.07) is 12.4. The van der Waals surface area contributed by atoms with Crippen LogP contribution in [0.3, 0.4) is 0 Å². The molecule has 0 radical (unpaired) electrons. The molecule has 0 bridgehead atoms. The number of halogens is 2. The van der Waals surface area contributed by atoms with E-state index in [2.05, 4.69) is 0 Å². The zero-order valence-electron chi connectivity index (χ0n) is 13.8. The molecule has 130 valence electrons. The number of aryl methyl sites for hydroxylation is 1. The number of amides is 2. The van der Waals surface area contributed by atoms with Crippen molar-refractivity contribution >= 4 is 35.0 Å². The summed E-state index contributed by atoms with van der Waals surface area (Å²) in [5, 5.41) is 0.855. The molecule has 2 aromatic rings. The lowest BCUT2D eigenvalue weighted by Gasteiger charge is -2.35. The van der Waals surface area contributed by atoms with E-state index in [9.17, 15) is 9.59 Å². The molecule has 2 aromatic carbocycles. The van der Waals surface area contributed by atoms with Crippen LogP contribution in [0.5, 0.6) is 0 Å². The Bertz CT molecular complexity index is 815. The average Bonchev–Trinajstić information content (AvgIpc) is 2.63. The monoisotopic (exact) mass is 376 g/mol. The van der Waals surface area contributed by atoms with Crippen molar-refractivity contribution in [3.8, 4) is 0 Å². The van der Waals surface area contributed by atoms with Gasteiger partial charge in [-0.05, 0) is 36.8 Å². The molecule has 3 rings (SSSR count). The third kappa shape index (κ3) is 3.80. The fraction of sp³-hybridized carbons (Fsp3) is 0.263. The molecule has 1 heterocycles. The molecular formula is C19H18Cl2N2O2. The summed E-state index contributed by atoms with van der Waals surface area (Å²) in [6.45, 7) is 3.86. The molecule has 2 amide bonds. The highest BCUT2D eigenvalue weighted by atomic mass is 35.5. The van der Waals surface area contributed by atoms with Gasteiger partial charge < -0.3 is 9.80 Å². The van der Waals surface area contributed by atoms with Gasteiger partial charge in [0.2, 0.25) is 0 Å². The fourth-order valence-corrected chi connectivity index (χ4v) is 3.30. The maximum Gasteiger partial charge on any atom is 0.255 e. The highest BCUT2D eigenvalue weighted by Crippen LogP contribution is 2.23. The van der Waals surface area contributed by atoms with E-state index in [1.807, 2.05) is 31.2 Å². The summed E-state index contributed by atoms with van der Waals surface area (Å²) in [5.41, 5.74) is 2.06. The van der Waals surface area contributed by atoms with Gasteiger partial charge >= 0.3 is 0 Å². The van der Waals surface area contributed by atoms with Crippen molar-refractivity contribution in [2.24, 2.45) is 0 Å². The van der Waals surface area contributed by atoms with Gasteiger partial charge in [-0.2, -0.15) is 0 Å². The Morgan fingerprint density at radius 3 is 2.00 bits per heavy atom. The van der Waals surface area contributed by atoms with E-state index < -0.39 is 0 Å². The van der Waals surface area contributed by atoms with Crippen molar-refractivity contribution in [2.45, 2.75) is 6.92 Å². The quantitative estimate of drug-likeness (QED) is 0.797. The Morgan fingerprint density at radius 1 is 0.840 bits per heavy atom. The molecule has 0 N–H and O–H groups in total. The minimum Gasteiger partial charge on any atom is -0.335 e. The second-order valence-electron chi connectivity index (χ2n) is 6.02. The Hall–Kier alpha value is -2.04. The molecule has 0 unspecified atom stereocenters. The first-order chi connectivity index (χ1) is 12.0. The van der Waals surface area contributed by atoms with Crippen LogP contribution in [-0.4, -0.2) is 47.8 Å². The minimum absolute atomic E-state index is 0.00554. The highest BCUT2D eigenvalue weighted by Gasteiger charge is 2.27. The molecule has 0 aromatic heterocycles. The average molecular weight is 377 g/mol. The molecule has 25 heavy (non-hydrogen) atoms. The molecule has 0 aliphatic carbocycles. The molecule has 0 atom stereocenters. The molecule has 0 spiro atoms. The van der Waals surface area contributed by atoms with Crippen molar-refractivity contribution < 1.29 is 9.59 Å². The summed E-state index contributed by atoms with van der Waals surface area (Å²) in [7, 11) is 0. The Morgan fingerprint density at radius 2 is 1.40 bits per heavy atom. The van der Waals surface area contributed by atoms with Crippen LogP contribution in [0.4, 0.5) is 0 Å². The summed E-state index contributed by atoms with van der Waals surface area (Å²) < 4.78 is 0. The van der Waals surface area contributed by atoms with Crippen LogP contribution in [0.2, 0.25) is 10.0 Å². The lowest BCUT2D eigenvalue weighted by molar-refractivity contribution is 0.0535. The SMILES string of the molecule is Cc1ccccc1C(=O)N1CCN(C(=O)c2cc(Cl)ccc2Cl)CC1. The van der Waals surface area contributed by atoms with Crippen molar-refractivity contribution in [1.82, 2.24) is 9.80 Å². The Kier molecular flexibility index (Phi) is 5.30. The summed E-state index contributed by atoms with van der Waals surface area (Å²) in [4.78, 5) is 28.8. The molecule has 1 saturated heterocycles. The van der Waals surface area contributed by atoms with E-state index in [-0.39, 0.29) is 11.8 Å². The van der Waals surface area contributed by atoms with E-state index in [0.29, 0.717) is 47.4 Å². The second-order valence-corrected chi connectivity index (χ2v) is 6.87.